The van der Waals surface area contributed by atoms with Crippen LogP contribution in [0.5, 0.6) is 0 Å². The molecule has 0 spiro atoms. The van der Waals surface area contributed by atoms with Crippen molar-refractivity contribution in [1.29, 1.82) is 0 Å². The fraction of sp³-hybridized carbons (Fsp3) is 0.500. The van der Waals surface area contributed by atoms with Gasteiger partial charge in [-0.05, 0) is 38.4 Å². The molecule has 1 unspecified atom stereocenters. The Bertz CT molecular complexity index is 562. The molecular formula is C14H21Cl2N2O3S-. The average molecular weight is 368 g/mol. The van der Waals surface area contributed by atoms with E-state index in [9.17, 15) is 13.2 Å². The first-order chi connectivity index (χ1) is 9.90. The van der Waals surface area contributed by atoms with Gasteiger partial charge >= 0.3 is 0 Å². The SMILES string of the molecule is Cc1ccc(S(=O)(=O)NC(CCCCN)C(=O)CCl)cc1.[Cl-]. The summed E-state index contributed by atoms with van der Waals surface area (Å²) in [6, 6.07) is 5.64. The molecule has 0 saturated heterocycles. The second-order valence-electron chi connectivity index (χ2n) is 4.87. The molecule has 22 heavy (non-hydrogen) atoms. The summed E-state index contributed by atoms with van der Waals surface area (Å²) in [4.78, 5) is 11.9. The molecule has 1 atom stereocenters. The van der Waals surface area contributed by atoms with Gasteiger partial charge in [0.1, 0.15) is 0 Å². The van der Waals surface area contributed by atoms with Gasteiger partial charge in [-0.1, -0.05) is 24.1 Å². The molecule has 5 nitrogen and oxygen atoms in total. The summed E-state index contributed by atoms with van der Waals surface area (Å²) in [5.41, 5.74) is 6.37. The number of hydrogen-bond acceptors (Lipinski definition) is 4. The van der Waals surface area contributed by atoms with Gasteiger partial charge in [-0.15, -0.1) is 11.6 Å². The number of rotatable bonds is 9. The van der Waals surface area contributed by atoms with Gasteiger partial charge in [0, 0.05) is 0 Å². The zero-order valence-electron chi connectivity index (χ0n) is 12.4. The molecule has 8 heteroatoms. The van der Waals surface area contributed by atoms with Gasteiger partial charge in [0.25, 0.3) is 0 Å². The first-order valence-electron chi connectivity index (χ1n) is 6.78. The van der Waals surface area contributed by atoms with Gasteiger partial charge in [-0.3, -0.25) is 4.79 Å². The third kappa shape index (κ3) is 6.62. The quantitative estimate of drug-likeness (QED) is 0.414. The van der Waals surface area contributed by atoms with Crippen molar-refractivity contribution in [3.8, 4) is 0 Å². The van der Waals surface area contributed by atoms with E-state index >= 15 is 0 Å². The van der Waals surface area contributed by atoms with E-state index in [0.717, 1.165) is 12.0 Å². The molecule has 1 aromatic rings. The summed E-state index contributed by atoms with van der Waals surface area (Å²) in [6.07, 6.45) is 1.80. The topological polar surface area (TPSA) is 89.3 Å². The van der Waals surface area contributed by atoms with Crippen molar-refractivity contribution in [1.82, 2.24) is 4.72 Å². The van der Waals surface area contributed by atoms with E-state index in [1.165, 1.54) is 12.1 Å². The van der Waals surface area contributed by atoms with Crippen LogP contribution in [0, 0.1) is 6.92 Å². The zero-order valence-corrected chi connectivity index (χ0v) is 14.7. The second-order valence-corrected chi connectivity index (χ2v) is 6.85. The maximum atomic E-state index is 12.3. The monoisotopic (exact) mass is 367 g/mol. The Morgan fingerprint density at radius 3 is 2.36 bits per heavy atom. The minimum Gasteiger partial charge on any atom is -1.00 e. The van der Waals surface area contributed by atoms with Crippen LogP contribution in [0.4, 0.5) is 0 Å². The number of nitrogens with two attached hydrogens (primary N) is 1. The molecule has 0 saturated carbocycles. The lowest BCUT2D eigenvalue weighted by atomic mass is 10.1. The number of carbonyl (C=O) groups excluding carboxylic acids is 1. The van der Waals surface area contributed by atoms with Crippen molar-refractivity contribution < 1.29 is 25.6 Å². The van der Waals surface area contributed by atoms with Crippen LogP contribution in [0.3, 0.4) is 0 Å². The molecular weight excluding hydrogens is 347 g/mol. The molecule has 1 aromatic carbocycles. The summed E-state index contributed by atoms with van der Waals surface area (Å²) in [5.74, 6) is -0.548. The molecule has 0 radical (unpaired) electrons. The lowest BCUT2D eigenvalue weighted by Crippen LogP contribution is -3.00. The highest BCUT2D eigenvalue weighted by Crippen LogP contribution is 2.13. The molecule has 0 bridgehead atoms. The number of hydrogen-bond donors (Lipinski definition) is 2. The molecule has 126 valence electrons. The van der Waals surface area contributed by atoms with Gasteiger partial charge in [0.15, 0.2) is 5.78 Å². The van der Waals surface area contributed by atoms with Crippen LogP contribution in [0.2, 0.25) is 0 Å². The first kappa shape index (κ1) is 21.3. The lowest BCUT2D eigenvalue weighted by molar-refractivity contribution is -0.118. The van der Waals surface area contributed by atoms with E-state index < -0.39 is 16.1 Å². The molecule has 1 rings (SSSR count). The Morgan fingerprint density at radius 1 is 1.27 bits per heavy atom. The van der Waals surface area contributed by atoms with Gasteiger partial charge < -0.3 is 18.1 Å². The summed E-state index contributed by atoms with van der Waals surface area (Å²) in [6.45, 7) is 2.38. The van der Waals surface area contributed by atoms with E-state index in [4.69, 9.17) is 17.3 Å². The maximum Gasteiger partial charge on any atom is 0.241 e. The number of nitrogens with one attached hydrogen (secondary N) is 1. The number of sulfonamides is 1. The van der Waals surface area contributed by atoms with E-state index in [0.29, 0.717) is 19.4 Å². The highest BCUT2D eigenvalue weighted by molar-refractivity contribution is 7.89. The Labute approximate surface area is 143 Å². The highest BCUT2D eigenvalue weighted by Gasteiger charge is 2.24. The predicted octanol–water partition coefficient (Wildman–Crippen LogP) is -1.42. The highest BCUT2D eigenvalue weighted by atomic mass is 35.5. The first-order valence-corrected chi connectivity index (χ1v) is 8.80. The normalized spacial score (nSPS) is 12.5. The number of halogens is 2. The molecule has 0 aliphatic rings. The van der Waals surface area contributed by atoms with E-state index in [-0.39, 0.29) is 29.0 Å². The number of Topliss-reactive ketones (excluding diaryl/α,β-unsaturated/α-hetero) is 1. The fourth-order valence-electron chi connectivity index (χ4n) is 1.84. The molecule has 0 aromatic heterocycles. The van der Waals surface area contributed by atoms with Crippen LogP contribution < -0.4 is 22.9 Å². The standard InChI is InChI=1S/C14H21ClN2O3S.ClH/c1-11-5-7-12(8-6-11)21(19,20)17-13(14(18)10-15)4-2-3-9-16;/h5-8,13,17H,2-4,9-10,16H2,1H3;1H/p-1. The molecule has 0 amide bonds. The van der Waals surface area contributed by atoms with Crippen LogP contribution >= 0.6 is 11.6 Å². The van der Waals surface area contributed by atoms with Crippen LogP contribution in [-0.4, -0.2) is 32.7 Å². The van der Waals surface area contributed by atoms with Crippen molar-refractivity contribution in [3.05, 3.63) is 29.8 Å². The third-order valence-corrected chi connectivity index (χ3v) is 4.85. The van der Waals surface area contributed by atoms with Gasteiger partial charge in [0.2, 0.25) is 10.0 Å². The number of ketones is 1. The van der Waals surface area contributed by atoms with Crippen LogP contribution in [0.15, 0.2) is 29.2 Å². The number of benzene rings is 1. The summed E-state index contributed by atoms with van der Waals surface area (Å²) < 4.78 is 27.0. The molecule has 0 fully saturated rings. The Hall–Kier alpha value is -0.660. The van der Waals surface area contributed by atoms with Crippen molar-refractivity contribution in [2.24, 2.45) is 5.73 Å². The third-order valence-electron chi connectivity index (χ3n) is 3.10. The molecule has 0 aliphatic heterocycles. The Morgan fingerprint density at radius 2 is 1.86 bits per heavy atom. The Kier molecular flexibility index (Phi) is 9.87. The van der Waals surface area contributed by atoms with Gasteiger partial charge in [-0.25, -0.2) is 13.1 Å². The summed E-state index contributed by atoms with van der Waals surface area (Å²) in [5, 5.41) is 0. The Balaban J connectivity index is 0.00000441. The van der Waals surface area contributed by atoms with Crippen molar-refractivity contribution in [2.75, 3.05) is 12.4 Å². The fourth-order valence-corrected chi connectivity index (χ4v) is 3.28. The number of carbonyl (C=O) groups is 1. The van der Waals surface area contributed by atoms with Crippen molar-refractivity contribution >= 4 is 27.4 Å². The number of aryl methyl sites for hydroxylation is 1. The largest absolute Gasteiger partial charge is 1.00 e. The van der Waals surface area contributed by atoms with Crippen molar-refractivity contribution in [3.63, 3.8) is 0 Å². The van der Waals surface area contributed by atoms with Crippen molar-refractivity contribution in [2.45, 2.75) is 37.1 Å². The average Bonchev–Trinajstić information content (AvgIpc) is 2.46. The maximum absolute atomic E-state index is 12.3. The zero-order chi connectivity index (χ0) is 15.9. The molecule has 3 N–H and O–H groups in total. The van der Waals surface area contributed by atoms with Crippen LogP contribution in [0.25, 0.3) is 0 Å². The second kappa shape index (κ2) is 10.2. The smallest absolute Gasteiger partial charge is 0.241 e. The van der Waals surface area contributed by atoms with Crippen LogP contribution in [0.1, 0.15) is 24.8 Å². The number of alkyl halides is 1. The van der Waals surface area contributed by atoms with Crippen LogP contribution in [-0.2, 0) is 14.8 Å². The van der Waals surface area contributed by atoms with E-state index in [2.05, 4.69) is 4.72 Å². The minimum atomic E-state index is -3.73. The molecule has 0 aliphatic carbocycles. The number of unbranched alkanes of at least 4 members (excludes halogenated alkanes) is 1. The molecule has 0 heterocycles. The minimum absolute atomic E-state index is 0. The van der Waals surface area contributed by atoms with Gasteiger partial charge in [0.05, 0.1) is 16.8 Å². The summed E-state index contributed by atoms with van der Waals surface area (Å²) >= 11 is 5.55. The predicted molar refractivity (Wildman–Crippen MR) is 83.9 cm³/mol. The van der Waals surface area contributed by atoms with E-state index in [1.54, 1.807) is 12.1 Å². The van der Waals surface area contributed by atoms with Gasteiger partial charge in [-0.2, -0.15) is 0 Å². The lowest BCUT2D eigenvalue weighted by Gasteiger charge is -2.16. The summed E-state index contributed by atoms with van der Waals surface area (Å²) in [7, 11) is -3.73. The van der Waals surface area contributed by atoms with E-state index in [1.807, 2.05) is 6.92 Å².